The van der Waals surface area contributed by atoms with Gasteiger partial charge in [-0.15, -0.1) is 0 Å². The molecule has 0 aliphatic heterocycles. The van der Waals surface area contributed by atoms with Crippen molar-refractivity contribution in [2.24, 2.45) is 5.41 Å². The number of rotatable bonds is 4. The summed E-state index contributed by atoms with van der Waals surface area (Å²) in [7, 11) is 0. The lowest BCUT2D eigenvalue weighted by Gasteiger charge is -2.22. The van der Waals surface area contributed by atoms with Crippen LogP contribution in [0.5, 0.6) is 0 Å². The molecule has 7 heteroatoms. The van der Waals surface area contributed by atoms with Gasteiger partial charge in [0.05, 0.1) is 11.0 Å². The Hall–Kier alpha value is -2.83. The first kappa shape index (κ1) is 20.5. The number of hydrogen-bond acceptors (Lipinski definition) is 3. The molecular weight excluding hydrogens is 361 g/mol. The van der Waals surface area contributed by atoms with Crippen LogP contribution in [0.25, 0.3) is 11.1 Å². The standard InChI is InChI=1S/C20H19F3O4/c1-19(2,3)18(26)27-16(17(24)25)15-7-5-4-6-14(15)12-8-10-13(11-9-12)20(21,22)23/h4-11,16H,1-3H3,(H,24,25). The van der Waals surface area contributed by atoms with Gasteiger partial charge in [-0.3, -0.25) is 4.79 Å². The molecule has 27 heavy (non-hydrogen) atoms. The largest absolute Gasteiger partial charge is 0.478 e. The van der Waals surface area contributed by atoms with E-state index < -0.39 is 35.2 Å². The summed E-state index contributed by atoms with van der Waals surface area (Å²) in [6.07, 6.45) is -6.04. The second kappa shape index (κ2) is 7.42. The first-order chi connectivity index (χ1) is 12.4. The Balaban J connectivity index is 2.46. The van der Waals surface area contributed by atoms with Crippen molar-refractivity contribution in [3.8, 4) is 11.1 Å². The topological polar surface area (TPSA) is 63.6 Å². The van der Waals surface area contributed by atoms with Crippen molar-refractivity contribution in [3.05, 3.63) is 59.7 Å². The van der Waals surface area contributed by atoms with Crippen LogP contribution in [-0.2, 0) is 20.5 Å². The average molecular weight is 380 g/mol. The van der Waals surface area contributed by atoms with E-state index in [1.54, 1.807) is 39.0 Å². The number of carboxylic acids is 1. The van der Waals surface area contributed by atoms with Crippen LogP contribution >= 0.6 is 0 Å². The van der Waals surface area contributed by atoms with Crippen molar-refractivity contribution in [3.63, 3.8) is 0 Å². The number of halogens is 3. The number of benzene rings is 2. The second-order valence-corrected chi connectivity index (χ2v) is 7.04. The lowest BCUT2D eigenvalue weighted by Crippen LogP contribution is -2.28. The highest BCUT2D eigenvalue weighted by molar-refractivity contribution is 5.84. The van der Waals surface area contributed by atoms with Crippen molar-refractivity contribution in [2.75, 3.05) is 0 Å². The van der Waals surface area contributed by atoms with Crippen LogP contribution in [0.2, 0.25) is 0 Å². The maximum absolute atomic E-state index is 12.8. The molecule has 0 amide bonds. The summed E-state index contributed by atoms with van der Waals surface area (Å²) < 4.78 is 43.5. The van der Waals surface area contributed by atoms with E-state index >= 15 is 0 Å². The van der Waals surface area contributed by atoms with Crippen molar-refractivity contribution in [1.82, 2.24) is 0 Å². The van der Waals surface area contributed by atoms with E-state index in [4.69, 9.17) is 4.74 Å². The zero-order valence-electron chi connectivity index (χ0n) is 15.0. The molecule has 2 rings (SSSR count). The Bertz CT molecular complexity index is 834. The van der Waals surface area contributed by atoms with Gasteiger partial charge in [0.15, 0.2) is 0 Å². The Morgan fingerprint density at radius 3 is 2.00 bits per heavy atom. The van der Waals surface area contributed by atoms with Gasteiger partial charge in [-0.05, 0) is 44.0 Å². The van der Waals surface area contributed by atoms with Crippen LogP contribution in [0, 0.1) is 5.41 Å². The molecule has 0 spiro atoms. The van der Waals surface area contributed by atoms with Gasteiger partial charge in [0, 0.05) is 5.56 Å². The highest BCUT2D eigenvalue weighted by Crippen LogP contribution is 2.34. The predicted molar refractivity (Wildman–Crippen MR) is 92.8 cm³/mol. The maximum Gasteiger partial charge on any atom is 0.416 e. The van der Waals surface area contributed by atoms with Gasteiger partial charge in [0.1, 0.15) is 0 Å². The van der Waals surface area contributed by atoms with Gasteiger partial charge in [0.25, 0.3) is 0 Å². The monoisotopic (exact) mass is 380 g/mol. The smallest absolute Gasteiger partial charge is 0.416 e. The summed E-state index contributed by atoms with van der Waals surface area (Å²) >= 11 is 0. The van der Waals surface area contributed by atoms with Crippen LogP contribution in [0.4, 0.5) is 13.2 Å². The van der Waals surface area contributed by atoms with Gasteiger partial charge in [-0.2, -0.15) is 13.2 Å². The zero-order valence-corrected chi connectivity index (χ0v) is 15.0. The quantitative estimate of drug-likeness (QED) is 0.751. The molecule has 1 atom stereocenters. The Morgan fingerprint density at radius 1 is 0.963 bits per heavy atom. The molecule has 2 aromatic rings. The van der Waals surface area contributed by atoms with Gasteiger partial charge < -0.3 is 9.84 Å². The van der Waals surface area contributed by atoms with Crippen molar-refractivity contribution in [1.29, 1.82) is 0 Å². The highest BCUT2D eigenvalue weighted by atomic mass is 19.4. The third kappa shape index (κ3) is 4.87. The fraction of sp³-hybridized carbons (Fsp3) is 0.300. The molecule has 0 saturated carbocycles. The maximum atomic E-state index is 12.8. The molecule has 0 aliphatic rings. The fourth-order valence-corrected chi connectivity index (χ4v) is 2.36. The third-order valence-electron chi connectivity index (χ3n) is 3.83. The molecule has 0 saturated heterocycles. The van der Waals surface area contributed by atoms with Gasteiger partial charge in [-0.1, -0.05) is 36.4 Å². The fourth-order valence-electron chi connectivity index (χ4n) is 2.36. The minimum Gasteiger partial charge on any atom is -0.478 e. The summed E-state index contributed by atoms with van der Waals surface area (Å²) in [4.78, 5) is 23.9. The molecule has 0 heterocycles. The molecule has 1 N–H and O–H groups in total. The van der Waals surface area contributed by atoms with Crippen LogP contribution in [0.15, 0.2) is 48.5 Å². The number of alkyl halides is 3. The Labute approximate surface area is 154 Å². The predicted octanol–water partition coefficient (Wildman–Crippen LogP) is 5.09. The van der Waals surface area contributed by atoms with E-state index in [2.05, 4.69) is 0 Å². The normalized spacial score (nSPS) is 13.1. The van der Waals surface area contributed by atoms with E-state index in [1.807, 2.05) is 0 Å². The number of hydrogen-bond donors (Lipinski definition) is 1. The van der Waals surface area contributed by atoms with E-state index in [0.29, 0.717) is 11.1 Å². The SMILES string of the molecule is CC(C)(C)C(=O)OC(C(=O)O)c1ccccc1-c1ccc(C(F)(F)F)cc1. The first-order valence-electron chi connectivity index (χ1n) is 8.11. The van der Waals surface area contributed by atoms with Gasteiger partial charge in [0.2, 0.25) is 6.10 Å². The molecule has 0 aliphatic carbocycles. The minimum atomic E-state index is -4.47. The number of carboxylic acid groups (broad SMARTS) is 1. The lowest BCUT2D eigenvalue weighted by molar-refractivity contribution is -0.170. The average Bonchev–Trinajstić information content (AvgIpc) is 2.57. The summed E-state index contributed by atoms with van der Waals surface area (Å²) in [6.45, 7) is 4.78. The molecular formula is C20H19F3O4. The molecule has 0 bridgehead atoms. The number of esters is 1. The molecule has 1 unspecified atom stereocenters. The Morgan fingerprint density at radius 2 is 1.52 bits per heavy atom. The van der Waals surface area contributed by atoms with Crippen LogP contribution < -0.4 is 0 Å². The summed E-state index contributed by atoms with van der Waals surface area (Å²) in [5, 5.41) is 9.54. The van der Waals surface area contributed by atoms with E-state index in [9.17, 15) is 27.9 Å². The van der Waals surface area contributed by atoms with Gasteiger partial charge >= 0.3 is 18.1 Å². The van der Waals surface area contributed by atoms with E-state index in [-0.39, 0.29) is 5.56 Å². The summed E-state index contributed by atoms with van der Waals surface area (Å²) in [5.41, 5.74) is -0.770. The zero-order chi connectivity index (χ0) is 20.4. The number of carbonyl (C=O) groups excluding carboxylic acids is 1. The molecule has 4 nitrogen and oxygen atoms in total. The van der Waals surface area contributed by atoms with Crippen molar-refractivity contribution >= 4 is 11.9 Å². The number of aliphatic carboxylic acids is 1. The van der Waals surface area contributed by atoms with Crippen molar-refractivity contribution < 1.29 is 32.6 Å². The molecule has 0 aromatic heterocycles. The first-order valence-corrected chi connectivity index (χ1v) is 8.11. The van der Waals surface area contributed by atoms with Crippen molar-refractivity contribution in [2.45, 2.75) is 33.1 Å². The highest BCUT2D eigenvalue weighted by Gasteiger charge is 2.33. The molecule has 2 aromatic carbocycles. The van der Waals surface area contributed by atoms with Gasteiger partial charge in [-0.25, -0.2) is 4.79 Å². The third-order valence-corrected chi connectivity index (χ3v) is 3.83. The van der Waals surface area contributed by atoms with E-state index in [0.717, 1.165) is 12.1 Å². The second-order valence-electron chi connectivity index (χ2n) is 7.04. The summed E-state index contributed by atoms with van der Waals surface area (Å²) in [6, 6.07) is 10.6. The number of carbonyl (C=O) groups is 2. The van der Waals surface area contributed by atoms with E-state index in [1.165, 1.54) is 18.2 Å². The minimum absolute atomic E-state index is 0.183. The molecule has 0 radical (unpaired) electrons. The Kier molecular flexibility index (Phi) is 5.63. The lowest BCUT2D eigenvalue weighted by atomic mass is 9.94. The van der Waals surface area contributed by atoms with Crippen LogP contribution in [0.3, 0.4) is 0 Å². The summed E-state index contributed by atoms with van der Waals surface area (Å²) in [5.74, 6) is -2.07. The molecule has 144 valence electrons. The molecule has 0 fully saturated rings. The van der Waals surface area contributed by atoms with Crippen LogP contribution in [-0.4, -0.2) is 17.0 Å². The van der Waals surface area contributed by atoms with Crippen LogP contribution in [0.1, 0.15) is 38.0 Å². The number of ether oxygens (including phenoxy) is 1.